The quantitative estimate of drug-likeness (QED) is 0.608. The van der Waals surface area contributed by atoms with Gasteiger partial charge in [-0.25, -0.2) is 0 Å². The first-order chi connectivity index (χ1) is 11.0. The lowest BCUT2D eigenvalue weighted by atomic mass is 9.77. The Morgan fingerprint density at radius 3 is 2.26 bits per heavy atom. The number of aromatic hydroxyl groups is 1. The molecule has 0 aliphatic rings. The minimum atomic E-state index is -0.0577. The highest BCUT2D eigenvalue weighted by Crippen LogP contribution is 2.36. The van der Waals surface area contributed by atoms with E-state index < -0.39 is 0 Å². The van der Waals surface area contributed by atoms with Crippen LogP contribution < -0.4 is 0 Å². The molecule has 2 aromatic carbocycles. The molecule has 1 nitrogen and oxygen atoms in total. The first-order valence-electron chi connectivity index (χ1n) is 8.85. The Hall–Kier alpha value is -1.76. The topological polar surface area (TPSA) is 20.2 Å². The summed E-state index contributed by atoms with van der Waals surface area (Å²) >= 11 is 0. The van der Waals surface area contributed by atoms with E-state index in [2.05, 4.69) is 63.2 Å². The van der Waals surface area contributed by atoms with E-state index >= 15 is 0 Å². The maximum Gasteiger partial charge on any atom is 0.121 e. The number of unbranched alkanes of at least 4 members (excludes halogenated alkanes) is 3. The Bertz CT molecular complexity index is 626. The smallest absolute Gasteiger partial charge is 0.121 e. The molecule has 0 unspecified atom stereocenters. The van der Waals surface area contributed by atoms with Gasteiger partial charge in [-0.05, 0) is 42.0 Å². The lowest BCUT2D eigenvalue weighted by Gasteiger charge is -2.27. The van der Waals surface area contributed by atoms with Gasteiger partial charge in [0.25, 0.3) is 0 Å². The SMILES string of the molecule is CCCCCCc1cc(C(C)(C)c2ccccc2)cc(C)c1O. The van der Waals surface area contributed by atoms with Crippen molar-refractivity contribution in [2.75, 3.05) is 0 Å². The van der Waals surface area contributed by atoms with E-state index in [9.17, 15) is 5.11 Å². The van der Waals surface area contributed by atoms with E-state index in [0.717, 1.165) is 24.0 Å². The number of phenolic OH excluding ortho intramolecular Hbond substituents is 1. The molecular formula is C22H30O. The second kappa shape index (κ2) is 7.68. The number of phenols is 1. The second-order valence-electron chi connectivity index (χ2n) is 7.10. The molecule has 0 aromatic heterocycles. The van der Waals surface area contributed by atoms with E-state index in [1.807, 2.05) is 6.92 Å². The summed E-state index contributed by atoms with van der Waals surface area (Å²) in [6.45, 7) is 8.75. The van der Waals surface area contributed by atoms with Gasteiger partial charge < -0.3 is 5.11 Å². The molecule has 2 aromatic rings. The van der Waals surface area contributed by atoms with Crippen molar-refractivity contribution in [1.29, 1.82) is 0 Å². The molecule has 23 heavy (non-hydrogen) atoms. The van der Waals surface area contributed by atoms with Crippen molar-refractivity contribution in [3.05, 3.63) is 64.7 Å². The van der Waals surface area contributed by atoms with Crippen molar-refractivity contribution in [2.45, 2.75) is 65.2 Å². The molecule has 0 radical (unpaired) electrons. The summed E-state index contributed by atoms with van der Waals surface area (Å²) < 4.78 is 0. The third kappa shape index (κ3) is 4.16. The Balaban J connectivity index is 2.30. The van der Waals surface area contributed by atoms with Gasteiger partial charge >= 0.3 is 0 Å². The molecule has 0 atom stereocenters. The first-order valence-corrected chi connectivity index (χ1v) is 8.85. The summed E-state index contributed by atoms with van der Waals surface area (Å²) in [4.78, 5) is 0. The Kier molecular flexibility index (Phi) is 5.87. The maximum absolute atomic E-state index is 10.4. The van der Waals surface area contributed by atoms with Gasteiger partial charge in [-0.1, -0.05) is 82.5 Å². The number of hydrogen-bond donors (Lipinski definition) is 1. The van der Waals surface area contributed by atoms with Gasteiger partial charge in [-0.3, -0.25) is 0 Å². The van der Waals surface area contributed by atoms with Crippen molar-refractivity contribution in [2.24, 2.45) is 0 Å². The molecular weight excluding hydrogens is 280 g/mol. The molecule has 0 fully saturated rings. The van der Waals surface area contributed by atoms with Crippen molar-refractivity contribution in [1.82, 2.24) is 0 Å². The van der Waals surface area contributed by atoms with Gasteiger partial charge in [-0.15, -0.1) is 0 Å². The predicted octanol–water partition coefficient (Wildman–Crippen LogP) is 6.15. The molecule has 0 bridgehead atoms. The third-order valence-corrected chi connectivity index (χ3v) is 4.90. The standard InChI is InChI=1S/C22H30O/c1-5-6-7-9-12-18-16-20(15-17(2)21(18)23)22(3,4)19-13-10-8-11-14-19/h8,10-11,13-16,23H,5-7,9,12H2,1-4H3. The maximum atomic E-state index is 10.4. The zero-order valence-electron chi connectivity index (χ0n) is 15.0. The molecule has 1 N–H and O–H groups in total. The van der Waals surface area contributed by atoms with Gasteiger partial charge in [0, 0.05) is 5.41 Å². The van der Waals surface area contributed by atoms with Crippen LogP contribution in [0.25, 0.3) is 0 Å². The summed E-state index contributed by atoms with van der Waals surface area (Å²) in [5, 5.41) is 10.4. The molecule has 0 amide bonds. The van der Waals surface area contributed by atoms with Crippen LogP contribution in [0.3, 0.4) is 0 Å². The molecule has 0 saturated heterocycles. The second-order valence-corrected chi connectivity index (χ2v) is 7.10. The number of benzene rings is 2. The average molecular weight is 310 g/mol. The fraction of sp³-hybridized carbons (Fsp3) is 0.455. The van der Waals surface area contributed by atoms with E-state index in [1.54, 1.807) is 0 Å². The van der Waals surface area contributed by atoms with Crippen LogP contribution in [0.1, 0.15) is 68.7 Å². The van der Waals surface area contributed by atoms with Crippen LogP contribution >= 0.6 is 0 Å². The van der Waals surface area contributed by atoms with Gasteiger partial charge in [0.2, 0.25) is 0 Å². The molecule has 1 heteroatoms. The molecule has 0 spiro atoms. The molecule has 0 saturated carbocycles. The molecule has 0 aliphatic carbocycles. The Morgan fingerprint density at radius 2 is 1.61 bits per heavy atom. The minimum absolute atomic E-state index is 0.0577. The highest BCUT2D eigenvalue weighted by Gasteiger charge is 2.24. The molecule has 124 valence electrons. The minimum Gasteiger partial charge on any atom is -0.507 e. The lowest BCUT2D eigenvalue weighted by molar-refractivity contribution is 0.460. The highest BCUT2D eigenvalue weighted by molar-refractivity contribution is 5.48. The number of aryl methyl sites for hydroxylation is 2. The van der Waals surface area contributed by atoms with Gasteiger partial charge in [-0.2, -0.15) is 0 Å². The van der Waals surface area contributed by atoms with Gasteiger partial charge in [0.15, 0.2) is 0 Å². The van der Waals surface area contributed by atoms with Crippen molar-refractivity contribution < 1.29 is 5.11 Å². The van der Waals surface area contributed by atoms with E-state index in [0.29, 0.717) is 5.75 Å². The van der Waals surface area contributed by atoms with Crippen LogP contribution in [0.2, 0.25) is 0 Å². The highest BCUT2D eigenvalue weighted by atomic mass is 16.3. The summed E-state index contributed by atoms with van der Waals surface area (Å²) in [6.07, 6.45) is 5.86. The predicted molar refractivity (Wildman–Crippen MR) is 99.3 cm³/mol. The normalized spacial score (nSPS) is 11.7. The summed E-state index contributed by atoms with van der Waals surface area (Å²) in [5.74, 6) is 0.481. The summed E-state index contributed by atoms with van der Waals surface area (Å²) in [6, 6.07) is 15.0. The molecule has 0 aliphatic heterocycles. The van der Waals surface area contributed by atoms with Crippen molar-refractivity contribution >= 4 is 0 Å². The van der Waals surface area contributed by atoms with Crippen LogP contribution in [-0.4, -0.2) is 5.11 Å². The number of hydrogen-bond acceptors (Lipinski definition) is 1. The van der Waals surface area contributed by atoms with Crippen molar-refractivity contribution in [3.63, 3.8) is 0 Å². The summed E-state index contributed by atoms with van der Waals surface area (Å²) in [7, 11) is 0. The van der Waals surface area contributed by atoms with Crippen LogP contribution in [0.15, 0.2) is 42.5 Å². The Morgan fingerprint density at radius 1 is 0.913 bits per heavy atom. The number of rotatable bonds is 7. The van der Waals surface area contributed by atoms with E-state index in [-0.39, 0.29) is 5.41 Å². The van der Waals surface area contributed by atoms with E-state index in [1.165, 1.54) is 30.4 Å². The van der Waals surface area contributed by atoms with E-state index in [4.69, 9.17) is 0 Å². The van der Waals surface area contributed by atoms with Crippen LogP contribution in [-0.2, 0) is 11.8 Å². The zero-order chi connectivity index (χ0) is 16.9. The monoisotopic (exact) mass is 310 g/mol. The zero-order valence-corrected chi connectivity index (χ0v) is 15.0. The Labute approximate surface area is 141 Å². The van der Waals surface area contributed by atoms with Crippen molar-refractivity contribution in [3.8, 4) is 5.75 Å². The fourth-order valence-electron chi connectivity index (χ4n) is 3.17. The fourth-order valence-corrected chi connectivity index (χ4v) is 3.17. The molecule has 2 rings (SSSR count). The van der Waals surface area contributed by atoms with Crippen LogP contribution in [0, 0.1) is 6.92 Å². The van der Waals surface area contributed by atoms with Crippen LogP contribution in [0.5, 0.6) is 5.75 Å². The van der Waals surface area contributed by atoms with Gasteiger partial charge in [0.05, 0.1) is 0 Å². The first kappa shape index (κ1) is 17.6. The van der Waals surface area contributed by atoms with Crippen LogP contribution in [0.4, 0.5) is 0 Å². The average Bonchev–Trinajstić information content (AvgIpc) is 2.55. The third-order valence-electron chi connectivity index (χ3n) is 4.90. The van der Waals surface area contributed by atoms with Gasteiger partial charge in [0.1, 0.15) is 5.75 Å². The lowest BCUT2D eigenvalue weighted by Crippen LogP contribution is -2.19. The largest absolute Gasteiger partial charge is 0.507 e. The summed E-state index contributed by atoms with van der Waals surface area (Å²) in [5.41, 5.74) is 4.61. The molecule has 0 heterocycles.